The topological polar surface area (TPSA) is 141 Å². The molecule has 0 saturated carbocycles. The number of carboxylic acids is 1. The zero-order chi connectivity index (χ0) is 20.0. The molecule has 0 aliphatic rings. The zero-order valence-corrected chi connectivity index (χ0v) is 17.6. The number of halogens is 2. The third-order valence-corrected chi connectivity index (χ3v) is 5.00. The molecule has 9 nitrogen and oxygen atoms in total. The van der Waals surface area contributed by atoms with Crippen molar-refractivity contribution >= 4 is 65.1 Å². The normalized spacial score (nSPS) is 11.7. The summed E-state index contributed by atoms with van der Waals surface area (Å²) >= 11 is 6.57. The quantitative estimate of drug-likeness (QED) is 0.265. The number of carboxylic acid groups (broad SMARTS) is 1. The Morgan fingerprint density at radius 1 is 1.22 bits per heavy atom. The molecule has 0 radical (unpaired) electrons. The Labute approximate surface area is 171 Å². The molecule has 0 amide bonds. The highest BCUT2D eigenvalue weighted by molar-refractivity contribution is 9.11. The molecule has 0 unspecified atom stereocenters. The number of rotatable bonds is 8. The van der Waals surface area contributed by atoms with Gasteiger partial charge >= 0.3 is 5.97 Å². The van der Waals surface area contributed by atoms with Gasteiger partial charge in [-0.15, -0.1) is 10.2 Å². The summed E-state index contributed by atoms with van der Waals surface area (Å²) in [6.07, 6.45) is 1.71. The van der Waals surface area contributed by atoms with E-state index in [2.05, 4.69) is 52.4 Å². The van der Waals surface area contributed by atoms with Crippen LogP contribution in [0.1, 0.15) is 16.8 Å². The monoisotopic (exact) mass is 520 g/mol. The van der Waals surface area contributed by atoms with Crippen molar-refractivity contribution in [2.45, 2.75) is 6.42 Å². The number of azo groups is 1. The zero-order valence-electron chi connectivity index (χ0n) is 13.6. The summed E-state index contributed by atoms with van der Waals surface area (Å²) in [5, 5.41) is 20.2. The number of hydrogen-bond donors (Lipinski definition) is 3. The van der Waals surface area contributed by atoms with Gasteiger partial charge in [0, 0.05) is 22.9 Å². The number of hydrogen-bond acceptors (Lipinski definition) is 7. The van der Waals surface area contributed by atoms with Crippen LogP contribution in [-0.4, -0.2) is 41.3 Å². The molecule has 3 N–H and O–H groups in total. The molecule has 2 aromatic rings. The SMILES string of the molecule is O=C(O)c1cc(NCCCS(=O)(=O)O)ccc1N=Nc1ncc(Br)cc1Br. The van der Waals surface area contributed by atoms with Crippen molar-refractivity contribution in [3.05, 3.63) is 45.0 Å². The molecule has 2 rings (SSSR count). The fraction of sp³-hybridized carbons (Fsp3) is 0.200. The summed E-state index contributed by atoms with van der Waals surface area (Å²) in [6, 6.07) is 6.18. The molecule has 0 atom stereocenters. The molecule has 0 aliphatic carbocycles. The second-order valence-corrected chi connectivity index (χ2v) is 8.60. The number of carbonyl (C=O) groups is 1. The molecule has 144 valence electrons. The summed E-state index contributed by atoms with van der Waals surface area (Å²) in [7, 11) is -4.02. The van der Waals surface area contributed by atoms with E-state index < -0.39 is 16.1 Å². The van der Waals surface area contributed by atoms with E-state index in [-0.39, 0.29) is 30.0 Å². The molecule has 0 saturated heterocycles. The Morgan fingerprint density at radius 2 is 1.96 bits per heavy atom. The predicted molar refractivity (Wildman–Crippen MR) is 107 cm³/mol. The molecule has 27 heavy (non-hydrogen) atoms. The average molecular weight is 522 g/mol. The molecular formula is C15H14Br2N4O5S. The van der Waals surface area contributed by atoms with Gasteiger partial charge in [0.2, 0.25) is 0 Å². The lowest BCUT2D eigenvalue weighted by Crippen LogP contribution is -2.10. The first kappa shape index (κ1) is 21.4. The summed E-state index contributed by atoms with van der Waals surface area (Å²) < 4.78 is 31.4. The van der Waals surface area contributed by atoms with Crippen LogP contribution in [0.3, 0.4) is 0 Å². The third-order valence-electron chi connectivity index (χ3n) is 3.18. The standard InChI is InChI=1S/C15H14Br2N4O5S/c16-9-6-12(17)14(19-8-9)21-20-13-3-2-10(7-11(13)15(22)23)18-4-1-5-27(24,25)26/h2-3,6-8,18H,1,4-5H2,(H,22,23)(H,24,25,26). The number of benzene rings is 1. The van der Waals surface area contributed by atoms with Crippen molar-refractivity contribution in [3.63, 3.8) is 0 Å². The van der Waals surface area contributed by atoms with Gasteiger partial charge in [0.15, 0.2) is 5.82 Å². The van der Waals surface area contributed by atoms with Crippen LogP contribution in [0.15, 0.2) is 49.6 Å². The lowest BCUT2D eigenvalue weighted by molar-refractivity contribution is 0.0697. The second kappa shape index (κ2) is 9.35. The van der Waals surface area contributed by atoms with E-state index in [1.54, 1.807) is 12.1 Å². The van der Waals surface area contributed by atoms with Crippen LogP contribution < -0.4 is 5.32 Å². The van der Waals surface area contributed by atoms with Crippen molar-refractivity contribution in [1.82, 2.24) is 4.98 Å². The smallest absolute Gasteiger partial charge is 0.338 e. The van der Waals surface area contributed by atoms with Crippen molar-refractivity contribution in [2.75, 3.05) is 17.6 Å². The fourth-order valence-corrected chi connectivity index (χ4v) is 3.55. The highest BCUT2D eigenvalue weighted by Gasteiger charge is 2.12. The van der Waals surface area contributed by atoms with Gasteiger partial charge in [0.1, 0.15) is 5.69 Å². The minimum atomic E-state index is -4.02. The number of nitrogens with zero attached hydrogens (tertiary/aromatic N) is 3. The maximum atomic E-state index is 11.5. The minimum absolute atomic E-state index is 0.0771. The lowest BCUT2D eigenvalue weighted by atomic mass is 10.1. The van der Waals surface area contributed by atoms with E-state index in [1.165, 1.54) is 18.3 Å². The van der Waals surface area contributed by atoms with Gasteiger partial charge in [0.05, 0.1) is 15.8 Å². The molecule has 1 aromatic carbocycles. The molecule has 0 spiro atoms. The van der Waals surface area contributed by atoms with E-state index in [0.717, 1.165) is 4.47 Å². The van der Waals surface area contributed by atoms with Crippen LogP contribution in [-0.2, 0) is 10.1 Å². The average Bonchev–Trinajstić information content (AvgIpc) is 2.57. The van der Waals surface area contributed by atoms with Crippen LogP contribution in [0, 0.1) is 0 Å². The summed E-state index contributed by atoms with van der Waals surface area (Å²) in [5.74, 6) is -1.28. The Hall–Kier alpha value is -1.89. The third kappa shape index (κ3) is 6.97. The number of anilines is 1. The van der Waals surface area contributed by atoms with Gasteiger partial charge in [-0.2, -0.15) is 8.42 Å². The highest BCUT2D eigenvalue weighted by atomic mass is 79.9. The van der Waals surface area contributed by atoms with Gasteiger partial charge in [-0.05, 0) is 62.5 Å². The lowest BCUT2D eigenvalue weighted by Gasteiger charge is -2.08. The van der Waals surface area contributed by atoms with Crippen LogP contribution in [0.5, 0.6) is 0 Å². The van der Waals surface area contributed by atoms with E-state index >= 15 is 0 Å². The Bertz CT molecular complexity index is 982. The number of nitrogens with one attached hydrogen (secondary N) is 1. The van der Waals surface area contributed by atoms with Gasteiger partial charge in [0.25, 0.3) is 10.1 Å². The van der Waals surface area contributed by atoms with Crippen LogP contribution in [0.2, 0.25) is 0 Å². The largest absolute Gasteiger partial charge is 0.478 e. The second-order valence-electron chi connectivity index (χ2n) is 5.26. The highest BCUT2D eigenvalue weighted by Crippen LogP contribution is 2.29. The summed E-state index contributed by atoms with van der Waals surface area (Å²) in [5.41, 5.74) is 0.541. The predicted octanol–water partition coefficient (Wildman–Crippen LogP) is 4.41. The van der Waals surface area contributed by atoms with Crippen LogP contribution in [0.25, 0.3) is 0 Å². The van der Waals surface area contributed by atoms with E-state index in [4.69, 9.17) is 4.55 Å². The molecule has 0 bridgehead atoms. The van der Waals surface area contributed by atoms with E-state index in [1.807, 2.05) is 0 Å². The molecule has 0 aliphatic heterocycles. The molecule has 0 fully saturated rings. The number of pyridine rings is 1. The molecule has 1 heterocycles. The summed E-state index contributed by atoms with van der Waals surface area (Å²) in [6.45, 7) is 0.246. The Morgan fingerprint density at radius 3 is 2.59 bits per heavy atom. The van der Waals surface area contributed by atoms with Crippen LogP contribution in [0.4, 0.5) is 17.2 Å². The first-order chi connectivity index (χ1) is 12.7. The van der Waals surface area contributed by atoms with Gasteiger partial charge < -0.3 is 10.4 Å². The maximum Gasteiger partial charge on any atom is 0.338 e. The number of aromatic carboxylic acids is 1. The first-order valence-corrected chi connectivity index (χ1v) is 10.6. The Balaban J connectivity index is 2.15. The fourth-order valence-electron chi connectivity index (χ4n) is 1.97. The van der Waals surface area contributed by atoms with Crippen molar-refractivity contribution in [2.24, 2.45) is 10.2 Å². The van der Waals surface area contributed by atoms with Crippen molar-refractivity contribution in [3.8, 4) is 0 Å². The van der Waals surface area contributed by atoms with Gasteiger partial charge in [-0.1, -0.05) is 0 Å². The molecule has 12 heteroatoms. The summed E-state index contributed by atoms with van der Waals surface area (Å²) in [4.78, 5) is 15.6. The maximum absolute atomic E-state index is 11.5. The number of aromatic nitrogens is 1. The van der Waals surface area contributed by atoms with Gasteiger partial charge in [-0.25, -0.2) is 9.78 Å². The first-order valence-electron chi connectivity index (χ1n) is 7.45. The Kier molecular flexibility index (Phi) is 7.41. The van der Waals surface area contributed by atoms with Crippen molar-refractivity contribution < 1.29 is 22.9 Å². The van der Waals surface area contributed by atoms with Crippen LogP contribution >= 0.6 is 31.9 Å². The van der Waals surface area contributed by atoms with E-state index in [9.17, 15) is 18.3 Å². The molecular weight excluding hydrogens is 508 g/mol. The minimum Gasteiger partial charge on any atom is -0.478 e. The van der Waals surface area contributed by atoms with Crippen molar-refractivity contribution in [1.29, 1.82) is 0 Å². The van der Waals surface area contributed by atoms with E-state index in [0.29, 0.717) is 16.0 Å². The molecule has 1 aromatic heterocycles. The van der Waals surface area contributed by atoms with Gasteiger partial charge in [-0.3, -0.25) is 4.55 Å².